The van der Waals surface area contributed by atoms with Crippen molar-refractivity contribution in [1.82, 2.24) is 24.1 Å². The second-order valence-electron chi connectivity index (χ2n) is 9.73. The SMILES string of the molecule is CC(C)(O)c1ccn(-c2ccc(N[C@H]3CC[C@H](Nc4nc5cc(C(F)(F)F)ccn5n4)C3)nc2)c(=O)c1. The Morgan fingerprint density at radius 1 is 1.00 bits per heavy atom. The van der Waals surface area contributed by atoms with Crippen LogP contribution in [0.2, 0.25) is 0 Å². The average molecular weight is 514 g/mol. The van der Waals surface area contributed by atoms with Crippen molar-refractivity contribution in [3.63, 3.8) is 0 Å². The van der Waals surface area contributed by atoms with Crippen LogP contribution in [-0.2, 0) is 11.8 Å². The van der Waals surface area contributed by atoms with Crippen molar-refractivity contribution in [3.8, 4) is 5.69 Å². The molecule has 9 nitrogen and oxygen atoms in total. The van der Waals surface area contributed by atoms with Gasteiger partial charge in [-0.3, -0.25) is 9.36 Å². The Bertz CT molecular complexity index is 1470. The Labute approximate surface area is 210 Å². The monoisotopic (exact) mass is 513 g/mol. The van der Waals surface area contributed by atoms with E-state index in [2.05, 4.69) is 25.7 Å². The van der Waals surface area contributed by atoms with E-state index in [4.69, 9.17) is 0 Å². The van der Waals surface area contributed by atoms with Gasteiger partial charge in [0.1, 0.15) is 5.82 Å². The molecule has 0 aromatic carbocycles. The molecule has 12 heteroatoms. The lowest BCUT2D eigenvalue weighted by molar-refractivity contribution is -0.137. The molecule has 0 bridgehead atoms. The van der Waals surface area contributed by atoms with E-state index >= 15 is 0 Å². The summed E-state index contributed by atoms with van der Waals surface area (Å²) in [5.41, 5.74) is -0.857. The first-order valence-corrected chi connectivity index (χ1v) is 11.8. The van der Waals surface area contributed by atoms with Gasteiger partial charge < -0.3 is 15.7 Å². The maximum Gasteiger partial charge on any atom is 0.416 e. The first-order chi connectivity index (χ1) is 17.5. The molecule has 0 saturated heterocycles. The Hall–Kier alpha value is -3.93. The summed E-state index contributed by atoms with van der Waals surface area (Å²) >= 11 is 0. The number of pyridine rings is 3. The second-order valence-corrected chi connectivity index (χ2v) is 9.73. The summed E-state index contributed by atoms with van der Waals surface area (Å²) in [6.45, 7) is 3.25. The van der Waals surface area contributed by atoms with Crippen molar-refractivity contribution in [2.45, 2.75) is 57.0 Å². The summed E-state index contributed by atoms with van der Waals surface area (Å²) in [5, 5.41) is 20.9. The fourth-order valence-electron chi connectivity index (χ4n) is 4.44. The van der Waals surface area contributed by atoms with Crippen LogP contribution >= 0.6 is 0 Å². The lowest BCUT2D eigenvalue weighted by Crippen LogP contribution is -2.23. The zero-order valence-electron chi connectivity index (χ0n) is 20.2. The van der Waals surface area contributed by atoms with Gasteiger partial charge in [0.15, 0.2) is 5.65 Å². The van der Waals surface area contributed by atoms with E-state index < -0.39 is 17.3 Å². The summed E-state index contributed by atoms with van der Waals surface area (Å²) in [6, 6.07) is 8.85. The molecule has 1 fully saturated rings. The second kappa shape index (κ2) is 9.18. The summed E-state index contributed by atoms with van der Waals surface area (Å²) in [6.07, 6.45) is 2.49. The molecule has 2 atom stereocenters. The van der Waals surface area contributed by atoms with Gasteiger partial charge >= 0.3 is 6.18 Å². The highest BCUT2D eigenvalue weighted by molar-refractivity contribution is 5.47. The van der Waals surface area contributed by atoms with Crippen LogP contribution in [0, 0.1) is 0 Å². The van der Waals surface area contributed by atoms with Gasteiger partial charge in [-0.2, -0.15) is 18.2 Å². The van der Waals surface area contributed by atoms with Crippen molar-refractivity contribution in [2.24, 2.45) is 0 Å². The summed E-state index contributed by atoms with van der Waals surface area (Å²) in [7, 11) is 0. The number of hydrogen-bond donors (Lipinski definition) is 3. The topological polar surface area (TPSA) is 109 Å². The maximum atomic E-state index is 12.9. The number of hydrogen-bond acceptors (Lipinski definition) is 7. The quantitative estimate of drug-likeness (QED) is 0.358. The van der Waals surface area contributed by atoms with Gasteiger partial charge in [-0.05, 0) is 69.0 Å². The van der Waals surface area contributed by atoms with E-state index in [1.54, 1.807) is 44.4 Å². The highest BCUT2D eigenvalue weighted by Gasteiger charge is 2.31. The standard InChI is InChI=1S/C25H26F3N7O2/c1-24(2,37)15-7-9-34(22(36)12-15)19-5-6-20(29-14-19)30-17-3-4-18(13-17)31-23-32-21-11-16(25(26,27)28)8-10-35(21)33-23/h5-12,14,17-18,37H,3-4,13H2,1-2H3,(H,29,30)(H,31,33)/t17-,18-/m0/s1. The van der Waals surface area contributed by atoms with Crippen molar-refractivity contribution in [1.29, 1.82) is 0 Å². The van der Waals surface area contributed by atoms with Crippen LogP contribution in [-0.4, -0.2) is 41.3 Å². The van der Waals surface area contributed by atoms with Gasteiger partial charge in [-0.1, -0.05) is 0 Å². The number of fused-ring (bicyclic) bond motifs is 1. The molecule has 1 aliphatic carbocycles. The molecule has 1 aliphatic rings. The van der Waals surface area contributed by atoms with Gasteiger partial charge in [0, 0.05) is 30.5 Å². The van der Waals surface area contributed by atoms with Crippen LogP contribution in [0.1, 0.15) is 44.2 Å². The minimum Gasteiger partial charge on any atom is -0.386 e. The van der Waals surface area contributed by atoms with Crippen molar-refractivity contribution in [2.75, 3.05) is 10.6 Å². The van der Waals surface area contributed by atoms with Crippen LogP contribution in [0.5, 0.6) is 0 Å². The molecule has 194 valence electrons. The third kappa shape index (κ3) is 5.43. The van der Waals surface area contributed by atoms with E-state index in [-0.39, 0.29) is 29.2 Å². The molecule has 1 saturated carbocycles. The summed E-state index contributed by atoms with van der Waals surface area (Å²) in [5.74, 6) is 0.953. The number of nitrogens with one attached hydrogen (secondary N) is 2. The van der Waals surface area contributed by atoms with E-state index in [9.17, 15) is 23.1 Å². The Morgan fingerprint density at radius 2 is 1.73 bits per heavy atom. The van der Waals surface area contributed by atoms with Crippen molar-refractivity contribution >= 4 is 17.4 Å². The first-order valence-electron chi connectivity index (χ1n) is 11.8. The lowest BCUT2D eigenvalue weighted by Gasteiger charge is -2.18. The number of nitrogens with zero attached hydrogens (tertiary/aromatic N) is 5. The molecule has 4 heterocycles. The van der Waals surface area contributed by atoms with Crippen LogP contribution in [0.4, 0.5) is 24.9 Å². The predicted octanol–water partition coefficient (Wildman–Crippen LogP) is 3.97. The molecule has 4 aromatic rings. The Balaban J connectivity index is 1.20. The lowest BCUT2D eigenvalue weighted by atomic mass is 10.00. The molecule has 0 amide bonds. The fourth-order valence-corrected chi connectivity index (χ4v) is 4.44. The number of aromatic nitrogens is 5. The number of anilines is 2. The van der Waals surface area contributed by atoms with Crippen LogP contribution in [0.15, 0.2) is 59.8 Å². The summed E-state index contributed by atoms with van der Waals surface area (Å²) in [4.78, 5) is 21.1. The van der Waals surface area contributed by atoms with Crippen molar-refractivity contribution in [3.05, 3.63) is 76.5 Å². The minimum absolute atomic E-state index is 0.0594. The van der Waals surface area contributed by atoms with Gasteiger partial charge in [0.25, 0.3) is 5.56 Å². The van der Waals surface area contributed by atoms with Crippen LogP contribution < -0.4 is 16.2 Å². The average Bonchev–Trinajstić information content (AvgIpc) is 3.44. The molecule has 0 unspecified atom stereocenters. The van der Waals surface area contributed by atoms with E-state index in [1.807, 2.05) is 0 Å². The number of halogens is 3. The molecule has 4 aromatic heterocycles. The number of alkyl halides is 3. The fraction of sp³-hybridized carbons (Fsp3) is 0.360. The zero-order chi connectivity index (χ0) is 26.4. The van der Waals surface area contributed by atoms with Gasteiger partial charge in [0.05, 0.1) is 23.0 Å². The maximum absolute atomic E-state index is 12.9. The molecule has 5 rings (SSSR count). The highest BCUT2D eigenvalue weighted by atomic mass is 19.4. The zero-order valence-corrected chi connectivity index (χ0v) is 20.2. The highest BCUT2D eigenvalue weighted by Crippen LogP contribution is 2.30. The van der Waals surface area contributed by atoms with Crippen LogP contribution in [0.25, 0.3) is 11.3 Å². The third-order valence-corrected chi connectivity index (χ3v) is 6.43. The molecule has 0 aliphatic heterocycles. The Kier molecular flexibility index (Phi) is 6.14. The number of rotatable bonds is 6. The van der Waals surface area contributed by atoms with E-state index in [1.165, 1.54) is 21.3 Å². The van der Waals surface area contributed by atoms with Gasteiger partial charge in [-0.15, -0.1) is 5.10 Å². The number of aliphatic hydroxyl groups is 1. The van der Waals surface area contributed by atoms with Gasteiger partial charge in [-0.25, -0.2) is 9.50 Å². The van der Waals surface area contributed by atoms with Crippen molar-refractivity contribution < 1.29 is 18.3 Å². The normalized spacial score (nSPS) is 18.3. The Morgan fingerprint density at radius 3 is 2.38 bits per heavy atom. The smallest absolute Gasteiger partial charge is 0.386 e. The minimum atomic E-state index is -4.43. The predicted molar refractivity (Wildman–Crippen MR) is 132 cm³/mol. The van der Waals surface area contributed by atoms with E-state index in [0.29, 0.717) is 17.1 Å². The third-order valence-electron chi connectivity index (χ3n) is 6.43. The summed E-state index contributed by atoms with van der Waals surface area (Å²) < 4.78 is 41.6. The molecule has 37 heavy (non-hydrogen) atoms. The largest absolute Gasteiger partial charge is 0.416 e. The molecular formula is C25H26F3N7O2. The molecule has 0 spiro atoms. The van der Waals surface area contributed by atoms with Gasteiger partial charge in [0.2, 0.25) is 5.95 Å². The first kappa shape index (κ1) is 24.8. The van der Waals surface area contributed by atoms with Crippen LogP contribution in [0.3, 0.4) is 0 Å². The molecular weight excluding hydrogens is 487 g/mol. The van der Waals surface area contributed by atoms with E-state index in [0.717, 1.165) is 31.4 Å². The molecule has 0 radical (unpaired) electrons. The molecule has 3 N–H and O–H groups in total.